The van der Waals surface area contributed by atoms with E-state index >= 15 is 0 Å². The van der Waals surface area contributed by atoms with Crippen LogP contribution in [0.2, 0.25) is 0 Å². The number of rotatable bonds is 3. The number of hydrogen-bond acceptors (Lipinski definition) is 2. The van der Waals surface area contributed by atoms with E-state index in [1.54, 1.807) is 6.08 Å². The minimum absolute atomic E-state index is 0.110. The van der Waals surface area contributed by atoms with Crippen LogP contribution >= 0.6 is 0 Å². The van der Waals surface area contributed by atoms with E-state index in [0.717, 1.165) is 27.8 Å². The lowest BCUT2D eigenvalue weighted by molar-refractivity contribution is -0.182. The molecule has 1 aliphatic carbocycles. The summed E-state index contributed by atoms with van der Waals surface area (Å²) in [4.78, 5) is 14.2. The summed E-state index contributed by atoms with van der Waals surface area (Å²) in [5, 5.41) is 0. The first-order valence-corrected chi connectivity index (χ1v) is 6.33. The third kappa shape index (κ3) is 2.62. The van der Waals surface area contributed by atoms with Crippen molar-refractivity contribution in [2.75, 3.05) is 0 Å². The number of carbonyl (C=O) groups is 1. The highest BCUT2D eigenvalue weighted by atomic mass is 19.3. The van der Waals surface area contributed by atoms with Gasteiger partial charge in [-0.05, 0) is 34.8 Å². The lowest BCUT2D eigenvalue weighted by Gasteiger charge is -2.02. The Kier molecular flexibility index (Phi) is 4.31. The molecule has 0 saturated carbocycles. The Labute approximate surface area is 117 Å². The summed E-state index contributed by atoms with van der Waals surface area (Å²) < 4.78 is 11.8. The number of fused-ring (bicyclic) bond motifs is 1. The maximum atomic E-state index is 11.8. The Bertz CT molecular complexity index is 636. The van der Waals surface area contributed by atoms with Crippen LogP contribution in [0.1, 0.15) is 24.5 Å². The van der Waals surface area contributed by atoms with Gasteiger partial charge in [-0.25, -0.2) is 4.79 Å². The molecule has 0 unspecified atom stereocenters. The van der Waals surface area contributed by atoms with Gasteiger partial charge in [0.15, 0.2) is 0 Å². The van der Waals surface area contributed by atoms with Crippen LogP contribution in [0.15, 0.2) is 60.7 Å². The van der Waals surface area contributed by atoms with Crippen molar-refractivity contribution in [2.24, 2.45) is 0 Å². The molecule has 0 N–H and O–H groups in total. The van der Waals surface area contributed by atoms with Crippen molar-refractivity contribution in [3.05, 3.63) is 71.8 Å². The Morgan fingerprint density at radius 1 is 1.30 bits per heavy atom. The third-order valence-corrected chi connectivity index (χ3v) is 3.17. The highest BCUT2D eigenvalue weighted by Gasteiger charge is 2.24. The molecule has 2 rings (SSSR count). The van der Waals surface area contributed by atoms with Crippen LogP contribution in [0.5, 0.6) is 0 Å². The average Bonchev–Trinajstić information content (AvgIpc) is 2.75. The molecular formula is C17H15FO2. The molecule has 0 spiro atoms. The van der Waals surface area contributed by atoms with Crippen molar-refractivity contribution in [3.63, 3.8) is 0 Å². The van der Waals surface area contributed by atoms with Gasteiger partial charge in [0.05, 0.1) is 6.42 Å². The first-order valence-electron chi connectivity index (χ1n) is 6.33. The number of hydrogen-bond donors (Lipinski definition) is 0. The molecular weight excluding hydrogens is 255 g/mol. The lowest BCUT2D eigenvalue weighted by atomic mass is 10.0. The fraction of sp³-hybridized carbons (Fsp3) is 0.118. The van der Waals surface area contributed by atoms with E-state index in [0.29, 0.717) is 0 Å². The summed E-state index contributed by atoms with van der Waals surface area (Å²) in [6.07, 6.45) is 7.33. The minimum atomic E-state index is -0.905. The quantitative estimate of drug-likeness (QED) is 0.812. The van der Waals surface area contributed by atoms with Crippen LogP contribution in [-0.2, 0) is 9.74 Å². The molecule has 1 aromatic carbocycles. The average molecular weight is 270 g/mol. The topological polar surface area (TPSA) is 26.3 Å². The Morgan fingerprint density at radius 3 is 2.65 bits per heavy atom. The summed E-state index contributed by atoms with van der Waals surface area (Å²) in [6.45, 7) is 6.02. The second kappa shape index (κ2) is 6.15. The lowest BCUT2D eigenvalue weighted by Crippen LogP contribution is -1.95. The van der Waals surface area contributed by atoms with Gasteiger partial charge in [-0.2, -0.15) is 0 Å². The largest absolute Gasteiger partial charge is 0.352 e. The molecule has 0 saturated heterocycles. The first-order chi connectivity index (χ1) is 9.69. The van der Waals surface area contributed by atoms with Gasteiger partial charge >= 0.3 is 5.97 Å². The molecule has 0 amide bonds. The smallest absolute Gasteiger partial charge is 0.255 e. The molecule has 1 aliphatic rings. The van der Waals surface area contributed by atoms with Crippen molar-refractivity contribution in [2.45, 2.75) is 13.3 Å². The zero-order valence-electron chi connectivity index (χ0n) is 11.2. The number of halogens is 1. The zero-order valence-corrected chi connectivity index (χ0v) is 11.2. The number of allylic oxidation sites excluding steroid dienone is 6. The molecule has 2 nitrogen and oxygen atoms in total. The molecule has 0 aliphatic heterocycles. The van der Waals surface area contributed by atoms with Gasteiger partial charge in [-0.1, -0.05) is 55.1 Å². The summed E-state index contributed by atoms with van der Waals surface area (Å²) in [7, 11) is 0. The van der Waals surface area contributed by atoms with E-state index < -0.39 is 5.97 Å². The van der Waals surface area contributed by atoms with Gasteiger partial charge in [-0.3, -0.25) is 4.94 Å². The van der Waals surface area contributed by atoms with Gasteiger partial charge in [0.2, 0.25) is 0 Å². The molecule has 1 aromatic rings. The zero-order chi connectivity index (χ0) is 14.5. The Balaban J connectivity index is 2.48. The summed E-state index contributed by atoms with van der Waals surface area (Å²) in [5.74, 6) is -0.905. The van der Waals surface area contributed by atoms with E-state index in [1.807, 2.05) is 49.4 Å². The fourth-order valence-electron chi connectivity index (χ4n) is 2.25. The molecule has 0 aromatic heterocycles. The van der Waals surface area contributed by atoms with Crippen LogP contribution in [0, 0.1) is 0 Å². The molecule has 0 radical (unpaired) electrons. The van der Waals surface area contributed by atoms with Crippen molar-refractivity contribution in [3.8, 4) is 0 Å². The highest BCUT2D eigenvalue weighted by molar-refractivity contribution is 6.07. The van der Waals surface area contributed by atoms with Crippen LogP contribution in [0.25, 0.3) is 11.1 Å². The molecule has 3 heteroatoms. The maximum Gasteiger partial charge on any atom is 0.352 e. The number of carbonyl (C=O) groups excluding carboxylic acids is 1. The summed E-state index contributed by atoms with van der Waals surface area (Å²) in [5.41, 5.74) is 4.76. The van der Waals surface area contributed by atoms with E-state index in [2.05, 4.69) is 11.5 Å². The molecule has 20 heavy (non-hydrogen) atoms. The predicted molar refractivity (Wildman–Crippen MR) is 78.2 cm³/mol. The summed E-state index contributed by atoms with van der Waals surface area (Å²) >= 11 is 0. The second-order valence-corrected chi connectivity index (χ2v) is 4.40. The van der Waals surface area contributed by atoms with Crippen LogP contribution in [-0.4, -0.2) is 5.97 Å². The highest BCUT2D eigenvalue weighted by Crippen LogP contribution is 2.44. The van der Waals surface area contributed by atoms with Crippen molar-refractivity contribution in [1.29, 1.82) is 0 Å². The summed E-state index contributed by atoms with van der Waals surface area (Å²) in [6, 6.07) is 7.81. The Hall–Kier alpha value is -2.42. The molecule has 0 bridgehead atoms. The Morgan fingerprint density at radius 2 is 2.00 bits per heavy atom. The van der Waals surface area contributed by atoms with Crippen molar-refractivity contribution in [1.82, 2.24) is 0 Å². The van der Waals surface area contributed by atoms with Gasteiger partial charge < -0.3 is 0 Å². The van der Waals surface area contributed by atoms with Gasteiger partial charge in [0.1, 0.15) is 0 Å². The molecule has 0 fully saturated rings. The maximum absolute atomic E-state index is 11.8. The normalized spacial score (nSPS) is 18.0. The van der Waals surface area contributed by atoms with Crippen LogP contribution in [0.4, 0.5) is 4.53 Å². The van der Waals surface area contributed by atoms with Crippen molar-refractivity contribution < 1.29 is 14.3 Å². The SMILES string of the molecule is C=C1C(=C\C=C/C)/C(=C/CC(=O)OF)c2ccccc21. The van der Waals surface area contributed by atoms with E-state index in [4.69, 9.17) is 0 Å². The minimum Gasteiger partial charge on any atom is -0.255 e. The van der Waals surface area contributed by atoms with Crippen LogP contribution in [0.3, 0.4) is 0 Å². The predicted octanol–water partition coefficient (Wildman–Crippen LogP) is 4.42. The second-order valence-electron chi connectivity index (χ2n) is 4.40. The standard InChI is InChI=1S/C17H15FO2/c1-3-4-7-13-12(2)14-8-5-6-9-15(14)16(13)10-11-17(19)20-18/h3-10H,2,11H2,1H3/b4-3-,13-7+,16-10-. The number of benzene rings is 1. The van der Waals surface area contributed by atoms with Gasteiger partial charge in [0, 0.05) is 4.53 Å². The molecule has 102 valence electrons. The monoisotopic (exact) mass is 270 g/mol. The molecule has 0 heterocycles. The van der Waals surface area contributed by atoms with Gasteiger partial charge in [0.25, 0.3) is 0 Å². The van der Waals surface area contributed by atoms with E-state index in [-0.39, 0.29) is 6.42 Å². The van der Waals surface area contributed by atoms with E-state index in [9.17, 15) is 9.32 Å². The van der Waals surface area contributed by atoms with Crippen molar-refractivity contribution >= 4 is 17.1 Å². The van der Waals surface area contributed by atoms with Gasteiger partial charge in [-0.15, -0.1) is 0 Å². The first kappa shape index (κ1) is 14.0. The molecule has 0 atom stereocenters. The third-order valence-electron chi connectivity index (χ3n) is 3.17. The fourth-order valence-corrected chi connectivity index (χ4v) is 2.25. The van der Waals surface area contributed by atoms with E-state index in [1.165, 1.54) is 0 Å². The van der Waals surface area contributed by atoms with Crippen LogP contribution < -0.4 is 0 Å².